The molecule has 1 aliphatic rings. The zero-order valence-corrected chi connectivity index (χ0v) is 11.5. The number of nitrogen functional groups attached to an aromatic ring is 1. The number of aliphatic hydroxyl groups is 1. The van der Waals surface area contributed by atoms with Gasteiger partial charge in [-0.1, -0.05) is 6.92 Å². The molecule has 1 saturated heterocycles. The lowest BCUT2D eigenvalue weighted by Gasteiger charge is -2.25. The molecule has 2 atom stereocenters. The topological polar surface area (TPSA) is 82.4 Å². The van der Waals surface area contributed by atoms with E-state index in [2.05, 4.69) is 11.9 Å². The Morgan fingerprint density at radius 1 is 1.55 bits per heavy atom. The molecule has 5 heteroatoms. The highest BCUT2D eigenvalue weighted by Gasteiger charge is 2.34. The average molecular weight is 273 g/mol. The Kier molecular flexibility index (Phi) is 3.14. The van der Waals surface area contributed by atoms with Crippen LogP contribution in [0.2, 0.25) is 0 Å². The first kappa shape index (κ1) is 13.0. The molecule has 0 radical (unpaired) electrons. The van der Waals surface area contributed by atoms with Crippen LogP contribution < -0.4 is 5.73 Å². The van der Waals surface area contributed by atoms with Gasteiger partial charge in [0.05, 0.1) is 18.2 Å². The molecule has 1 aliphatic heterocycles. The Hall–Kier alpha value is -2.01. The number of aromatic nitrogens is 1. The summed E-state index contributed by atoms with van der Waals surface area (Å²) < 4.78 is 0. The van der Waals surface area contributed by atoms with Crippen molar-refractivity contribution in [2.24, 2.45) is 5.92 Å². The number of aromatic amines is 1. The van der Waals surface area contributed by atoms with Gasteiger partial charge < -0.3 is 20.7 Å². The molecule has 106 valence electrons. The second kappa shape index (κ2) is 4.83. The van der Waals surface area contributed by atoms with Gasteiger partial charge in [-0.2, -0.15) is 0 Å². The van der Waals surface area contributed by atoms with E-state index in [1.807, 2.05) is 12.1 Å². The van der Waals surface area contributed by atoms with Crippen molar-refractivity contribution < 1.29 is 9.90 Å². The Morgan fingerprint density at radius 3 is 3.10 bits per heavy atom. The number of nitrogens with one attached hydrogen (secondary N) is 1. The SMILES string of the molecule is CC1CCN(C(=O)c2c[nH]c3cc(N)ccc23)C1CO. The maximum atomic E-state index is 12.7. The number of nitrogens with zero attached hydrogens (tertiary/aromatic N) is 1. The summed E-state index contributed by atoms with van der Waals surface area (Å²) in [6.45, 7) is 2.79. The first-order valence-electron chi connectivity index (χ1n) is 6.90. The standard InChI is InChI=1S/C15H19N3O2/c1-9-4-5-18(14(9)8-19)15(20)12-7-17-13-6-10(16)2-3-11(12)13/h2-3,6-7,9,14,17,19H,4-5,8,16H2,1H3. The Bertz CT molecular complexity index is 650. The number of amides is 1. The molecule has 1 aromatic carbocycles. The molecule has 0 saturated carbocycles. The summed E-state index contributed by atoms with van der Waals surface area (Å²) in [6.07, 6.45) is 2.66. The molecule has 1 amide bonds. The van der Waals surface area contributed by atoms with Gasteiger partial charge in [-0.05, 0) is 30.5 Å². The highest BCUT2D eigenvalue weighted by Crippen LogP contribution is 2.28. The number of hydrogen-bond acceptors (Lipinski definition) is 3. The fourth-order valence-corrected chi connectivity index (χ4v) is 3.01. The number of hydrogen-bond donors (Lipinski definition) is 3. The van der Waals surface area contributed by atoms with Crippen molar-refractivity contribution in [3.05, 3.63) is 30.0 Å². The van der Waals surface area contributed by atoms with Gasteiger partial charge in [0.2, 0.25) is 0 Å². The maximum Gasteiger partial charge on any atom is 0.256 e. The minimum absolute atomic E-state index is 0.0161. The quantitative estimate of drug-likeness (QED) is 0.727. The number of carbonyl (C=O) groups is 1. The van der Waals surface area contributed by atoms with Gasteiger partial charge >= 0.3 is 0 Å². The highest BCUT2D eigenvalue weighted by molar-refractivity contribution is 6.07. The zero-order valence-electron chi connectivity index (χ0n) is 11.5. The lowest BCUT2D eigenvalue weighted by Crippen LogP contribution is -2.39. The third-order valence-electron chi connectivity index (χ3n) is 4.27. The van der Waals surface area contributed by atoms with Gasteiger partial charge in [0.15, 0.2) is 0 Å². The van der Waals surface area contributed by atoms with Crippen LogP contribution in [0.4, 0.5) is 5.69 Å². The monoisotopic (exact) mass is 273 g/mol. The van der Waals surface area contributed by atoms with Crippen LogP contribution >= 0.6 is 0 Å². The van der Waals surface area contributed by atoms with Crippen molar-refractivity contribution in [1.82, 2.24) is 9.88 Å². The van der Waals surface area contributed by atoms with Crippen molar-refractivity contribution in [3.8, 4) is 0 Å². The molecule has 2 aromatic rings. The Morgan fingerprint density at radius 2 is 2.35 bits per heavy atom. The fraction of sp³-hybridized carbons (Fsp3) is 0.400. The van der Waals surface area contributed by atoms with Crippen molar-refractivity contribution >= 4 is 22.5 Å². The molecule has 0 aliphatic carbocycles. The predicted molar refractivity (Wildman–Crippen MR) is 78.4 cm³/mol. The predicted octanol–water partition coefficient (Wildman–Crippen LogP) is 1.59. The van der Waals surface area contributed by atoms with Crippen molar-refractivity contribution in [2.45, 2.75) is 19.4 Å². The summed E-state index contributed by atoms with van der Waals surface area (Å²) in [4.78, 5) is 17.6. The van der Waals surface area contributed by atoms with Crippen LogP contribution in [0.5, 0.6) is 0 Å². The van der Waals surface area contributed by atoms with Gasteiger partial charge in [0.25, 0.3) is 5.91 Å². The number of fused-ring (bicyclic) bond motifs is 1. The van der Waals surface area contributed by atoms with E-state index in [0.717, 1.165) is 17.3 Å². The number of aliphatic hydroxyl groups excluding tert-OH is 1. The largest absolute Gasteiger partial charge is 0.399 e. The van der Waals surface area contributed by atoms with E-state index in [0.29, 0.717) is 23.7 Å². The second-order valence-electron chi connectivity index (χ2n) is 5.52. The molecule has 5 nitrogen and oxygen atoms in total. The number of rotatable bonds is 2. The van der Waals surface area contributed by atoms with Crippen molar-refractivity contribution in [1.29, 1.82) is 0 Å². The van der Waals surface area contributed by atoms with Gasteiger partial charge in [0.1, 0.15) is 0 Å². The number of benzene rings is 1. The number of likely N-dealkylation sites (tertiary alicyclic amines) is 1. The number of anilines is 1. The highest BCUT2D eigenvalue weighted by atomic mass is 16.3. The molecule has 4 N–H and O–H groups in total. The molecule has 20 heavy (non-hydrogen) atoms. The maximum absolute atomic E-state index is 12.7. The number of H-pyrrole nitrogens is 1. The summed E-state index contributed by atoms with van der Waals surface area (Å²) in [5, 5.41) is 10.4. The molecule has 2 heterocycles. The molecular weight excluding hydrogens is 254 g/mol. The lowest BCUT2D eigenvalue weighted by molar-refractivity contribution is 0.0650. The molecule has 0 bridgehead atoms. The Balaban J connectivity index is 1.97. The van der Waals surface area contributed by atoms with E-state index in [-0.39, 0.29) is 18.6 Å². The van der Waals surface area contributed by atoms with Crippen molar-refractivity contribution in [2.75, 3.05) is 18.9 Å². The first-order valence-corrected chi connectivity index (χ1v) is 6.90. The van der Waals surface area contributed by atoms with Crippen LogP contribution in [0.15, 0.2) is 24.4 Å². The van der Waals surface area contributed by atoms with Crippen LogP contribution in [0.1, 0.15) is 23.7 Å². The molecule has 1 fully saturated rings. The normalized spacial score (nSPS) is 22.6. The van der Waals surface area contributed by atoms with Crippen LogP contribution in [-0.2, 0) is 0 Å². The van der Waals surface area contributed by atoms with Crippen LogP contribution in [0.3, 0.4) is 0 Å². The molecular formula is C15H19N3O2. The minimum atomic E-state index is -0.0822. The molecule has 1 aromatic heterocycles. The van der Waals surface area contributed by atoms with E-state index >= 15 is 0 Å². The average Bonchev–Trinajstić information content (AvgIpc) is 3.00. The van der Waals surface area contributed by atoms with Gasteiger partial charge in [-0.25, -0.2) is 0 Å². The zero-order chi connectivity index (χ0) is 14.3. The summed E-state index contributed by atoms with van der Waals surface area (Å²) in [7, 11) is 0. The summed E-state index contributed by atoms with van der Waals surface area (Å²) in [5.74, 6) is 0.314. The van der Waals surface area contributed by atoms with Crippen LogP contribution in [0, 0.1) is 5.92 Å². The summed E-state index contributed by atoms with van der Waals surface area (Å²) in [5.41, 5.74) is 7.92. The smallest absolute Gasteiger partial charge is 0.256 e. The second-order valence-corrected chi connectivity index (χ2v) is 5.52. The third-order valence-corrected chi connectivity index (χ3v) is 4.27. The number of carbonyl (C=O) groups excluding carboxylic acids is 1. The van der Waals surface area contributed by atoms with E-state index in [1.165, 1.54) is 0 Å². The molecule has 2 unspecified atom stereocenters. The number of nitrogens with two attached hydrogens (primary N) is 1. The Labute approximate surface area is 117 Å². The lowest BCUT2D eigenvalue weighted by atomic mass is 10.0. The van der Waals surface area contributed by atoms with Gasteiger partial charge in [-0.3, -0.25) is 4.79 Å². The third kappa shape index (κ3) is 1.94. The minimum Gasteiger partial charge on any atom is -0.399 e. The summed E-state index contributed by atoms with van der Waals surface area (Å²) >= 11 is 0. The van der Waals surface area contributed by atoms with E-state index in [4.69, 9.17) is 5.73 Å². The van der Waals surface area contributed by atoms with Crippen molar-refractivity contribution in [3.63, 3.8) is 0 Å². The van der Waals surface area contributed by atoms with Gasteiger partial charge in [-0.15, -0.1) is 0 Å². The summed E-state index contributed by atoms with van der Waals surface area (Å²) in [6, 6.07) is 5.40. The molecule has 0 spiro atoms. The van der Waals surface area contributed by atoms with E-state index in [9.17, 15) is 9.90 Å². The first-order chi connectivity index (χ1) is 9.61. The van der Waals surface area contributed by atoms with Gasteiger partial charge in [0, 0.05) is 29.3 Å². The van der Waals surface area contributed by atoms with E-state index < -0.39 is 0 Å². The van der Waals surface area contributed by atoms with Crippen LogP contribution in [-0.4, -0.2) is 40.1 Å². The van der Waals surface area contributed by atoms with Crippen LogP contribution in [0.25, 0.3) is 10.9 Å². The molecule has 3 rings (SSSR count). The fourth-order valence-electron chi connectivity index (χ4n) is 3.01. The van der Waals surface area contributed by atoms with E-state index in [1.54, 1.807) is 17.2 Å².